The molecule has 1 aromatic heterocycles. The molecule has 1 aromatic rings. The predicted molar refractivity (Wildman–Crippen MR) is 44.0 cm³/mol. The molecule has 0 aliphatic heterocycles. The lowest BCUT2D eigenvalue weighted by molar-refractivity contribution is 0.0146. The molecule has 0 unspecified atom stereocenters. The van der Waals surface area contributed by atoms with Crippen LogP contribution in [0.1, 0.15) is 30.6 Å². The average molecular weight is 168 g/mol. The Balaban J connectivity index is 2.78. The summed E-state index contributed by atoms with van der Waals surface area (Å²) >= 11 is 0. The molecule has 0 saturated heterocycles. The smallest absolute Gasteiger partial charge is 0.168 e. The Morgan fingerprint density at radius 1 is 1.83 bits per heavy atom. The number of hydrogen-bond acceptors (Lipinski definition) is 3. The van der Waals surface area contributed by atoms with Crippen LogP contribution in [-0.4, -0.2) is 22.7 Å². The number of hydrogen-bond donors (Lipinski definition) is 0. The van der Waals surface area contributed by atoms with Crippen molar-refractivity contribution in [3.8, 4) is 0 Å². The van der Waals surface area contributed by atoms with Gasteiger partial charge in [-0.15, -0.1) is 0 Å². The Morgan fingerprint density at radius 3 is 3.17 bits per heavy atom. The molecule has 0 spiro atoms. The minimum absolute atomic E-state index is 0.176. The number of nitrogens with zero attached hydrogens (tertiary/aromatic N) is 2. The summed E-state index contributed by atoms with van der Waals surface area (Å²) in [6.45, 7) is 4.36. The summed E-state index contributed by atoms with van der Waals surface area (Å²) in [4.78, 5) is 10.5. The van der Waals surface area contributed by atoms with Crippen LogP contribution >= 0.6 is 0 Å². The molecule has 66 valence electrons. The first-order valence-corrected chi connectivity index (χ1v) is 3.90. The van der Waals surface area contributed by atoms with Gasteiger partial charge < -0.3 is 4.74 Å². The standard InChI is InChI=1S/C8H12N2O2/c1-3-12-7(2)10-8(6-11)4-5-9-10/h4-7H,3H2,1-2H3/t7-/m1/s1. The minimum atomic E-state index is -0.176. The summed E-state index contributed by atoms with van der Waals surface area (Å²) in [5.74, 6) is 0. The second-order valence-corrected chi connectivity index (χ2v) is 2.37. The quantitative estimate of drug-likeness (QED) is 0.635. The van der Waals surface area contributed by atoms with Gasteiger partial charge in [0.1, 0.15) is 11.9 Å². The highest BCUT2D eigenvalue weighted by molar-refractivity contribution is 5.71. The molecule has 4 heteroatoms. The number of aromatic nitrogens is 2. The molecule has 0 aliphatic rings. The Morgan fingerprint density at radius 2 is 2.58 bits per heavy atom. The first-order valence-electron chi connectivity index (χ1n) is 3.90. The fourth-order valence-electron chi connectivity index (χ4n) is 1.03. The van der Waals surface area contributed by atoms with Gasteiger partial charge in [-0.2, -0.15) is 5.10 Å². The van der Waals surface area contributed by atoms with Crippen molar-refractivity contribution >= 4 is 6.29 Å². The topological polar surface area (TPSA) is 44.1 Å². The van der Waals surface area contributed by atoms with E-state index in [1.807, 2.05) is 13.8 Å². The SMILES string of the molecule is CCO[C@H](C)n1nccc1C=O. The molecule has 0 fully saturated rings. The van der Waals surface area contributed by atoms with Crippen molar-refractivity contribution in [1.82, 2.24) is 9.78 Å². The van der Waals surface area contributed by atoms with Crippen LogP contribution < -0.4 is 0 Å². The Bertz CT molecular complexity index is 257. The first-order chi connectivity index (χ1) is 5.79. The fourth-order valence-corrected chi connectivity index (χ4v) is 1.03. The summed E-state index contributed by atoms with van der Waals surface area (Å²) in [5, 5.41) is 3.97. The van der Waals surface area contributed by atoms with Gasteiger partial charge in [0, 0.05) is 12.8 Å². The van der Waals surface area contributed by atoms with Crippen molar-refractivity contribution in [3.63, 3.8) is 0 Å². The number of rotatable bonds is 4. The highest BCUT2D eigenvalue weighted by Crippen LogP contribution is 2.07. The van der Waals surface area contributed by atoms with Crippen LogP contribution in [0.5, 0.6) is 0 Å². The third kappa shape index (κ3) is 1.71. The maximum absolute atomic E-state index is 10.5. The van der Waals surface area contributed by atoms with Crippen molar-refractivity contribution in [1.29, 1.82) is 0 Å². The summed E-state index contributed by atoms with van der Waals surface area (Å²) in [5.41, 5.74) is 0.538. The highest BCUT2D eigenvalue weighted by Gasteiger charge is 2.07. The normalized spacial score (nSPS) is 12.8. The Labute approximate surface area is 71.1 Å². The number of aldehydes is 1. The predicted octanol–water partition coefficient (Wildman–Crippen LogP) is 1.25. The lowest BCUT2D eigenvalue weighted by atomic mass is 10.4. The second-order valence-electron chi connectivity index (χ2n) is 2.37. The van der Waals surface area contributed by atoms with Crippen LogP contribution in [0.3, 0.4) is 0 Å². The minimum Gasteiger partial charge on any atom is -0.357 e. The molecule has 12 heavy (non-hydrogen) atoms. The number of carbonyl (C=O) groups is 1. The molecule has 0 saturated carbocycles. The van der Waals surface area contributed by atoms with Gasteiger partial charge in [0.15, 0.2) is 6.29 Å². The fraction of sp³-hybridized carbons (Fsp3) is 0.500. The molecule has 0 radical (unpaired) electrons. The van der Waals surface area contributed by atoms with Crippen LogP contribution in [0.25, 0.3) is 0 Å². The maximum Gasteiger partial charge on any atom is 0.168 e. The zero-order chi connectivity index (χ0) is 8.97. The van der Waals surface area contributed by atoms with Crippen molar-refractivity contribution in [2.24, 2.45) is 0 Å². The van der Waals surface area contributed by atoms with Crippen LogP contribution in [-0.2, 0) is 4.74 Å². The molecule has 0 aromatic carbocycles. The third-order valence-electron chi connectivity index (χ3n) is 1.57. The number of carbonyl (C=O) groups excluding carboxylic acids is 1. The van der Waals surface area contributed by atoms with Gasteiger partial charge in [-0.3, -0.25) is 4.79 Å². The Hall–Kier alpha value is -1.16. The van der Waals surface area contributed by atoms with Crippen molar-refractivity contribution in [2.75, 3.05) is 6.61 Å². The zero-order valence-electron chi connectivity index (χ0n) is 7.23. The molecular weight excluding hydrogens is 156 g/mol. The second kappa shape index (κ2) is 4.01. The summed E-state index contributed by atoms with van der Waals surface area (Å²) in [7, 11) is 0. The maximum atomic E-state index is 10.5. The lowest BCUT2D eigenvalue weighted by Gasteiger charge is -2.12. The van der Waals surface area contributed by atoms with E-state index in [9.17, 15) is 4.79 Å². The summed E-state index contributed by atoms with van der Waals surface area (Å²) in [6.07, 6.45) is 2.17. The van der Waals surface area contributed by atoms with Crippen molar-refractivity contribution in [3.05, 3.63) is 18.0 Å². The molecular formula is C8H12N2O2. The zero-order valence-corrected chi connectivity index (χ0v) is 7.23. The van der Waals surface area contributed by atoms with Crippen LogP contribution in [0.15, 0.2) is 12.3 Å². The van der Waals surface area contributed by atoms with E-state index in [0.29, 0.717) is 12.3 Å². The molecule has 1 rings (SSSR count). The molecule has 0 amide bonds. The van der Waals surface area contributed by atoms with E-state index in [0.717, 1.165) is 6.29 Å². The molecule has 1 atom stereocenters. The van der Waals surface area contributed by atoms with Gasteiger partial charge in [0.2, 0.25) is 0 Å². The van der Waals surface area contributed by atoms with Crippen molar-refractivity contribution in [2.45, 2.75) is 20.1 Å². The van der Waals surface area contributed by atoms with E-state index < -0.39 is 0 Å². The van der Waals surface area contributed by atoms with E-state index in [1.54, 1.807) is 16.9 Å². The van der Waals surface area contributed by atoms with Crippen LogP contribution in [0.2, 0.25) is 0 Å². The van der Waals surface area contributed by atoms with Gasteiger partial charge in [-0.05, 0) is 19.9 Å². The van der Waals surface area contributed by atoms with E-state index in [2.05, 4.69) is 5.10 Å². The van der Waals surface area contributed by atoms with Gasteiger partial charge in [0.25, 0.3) is 0 Å². The third-order valence-corrected chi connectivity index (χ3v) is 1.57. The van der Waals surface area contributed by atoms with Crippen molar-refractivity contribution < 1.29 is 9.53 Å². The van der Waals surface area contributed by atoms with Gasteiger partial charge in [-0.25, -0.2) is 4.68 Å². The van der Waals surface area contributed by atoms with E-state index in [4.69, 9.17) is 4.74 Å². The lowest BCUT2D eigenvalue weighted by Crippen LogP contribution is -2.13. The largest absolute Gasteiger partial charge is 0.357 e. The van der Waals surface area contributed by atoms with E-state index >= 15 is 0 Å². The monoisotopic (exact) mass is 168 g/mol. The van der Waals surface area contributed by atoms with Gasteiger partial charge in [-0.1, -0.05) is 0 Å². The van der Waals surface area contributed by atoms with E-state index in [1.165, 1.54) is 0 Å². The summed E-state index contributed by atoms with van der Waals surface area (Å²) in [6, 6.07) is 1.66. The van der Waals surface area contributed by atoms with E-state index in [-0.39, 0.29) is 6.23 Å². The number of ether oxygens (including phenoxy) is 1. The average Bonchev–Trinajstić information content (AvgIpc) is 2.51. The summed E-state index contributed by atoms with van der Waals surface area (Å²) < 4.78 is 6.82. The molecule has 0 bridgehead atoms. The first kappa shape index (κ1) is 8.93. The molecule has 0 N–H and O–H groups in total. The Kier molecular flexibility index (Phi) is 2.99. The van der Waals surface area contributed by atoms with Crippen LogP contribution in [0.4, 0.5) is 0 Å². The molecule has 0 aliphatic carbocycles. The molecule has 1 heterocycles. The van der Waals surface area contributed by atoms with Crippen LogP contribution in [0, 0.1) is 0 Å². The molecule has 4 nitrogen and oxygen atoms in total. The highest BCUT2D eigenvalue weighted by atomic mass is 16.5. The van der Waals surface area contributed by atoms with Gasteiger partial charge in [0.05, 0.1) is 0 Å². The van der Waals surface area contributed by atoms with Gasteiger partial charge >= 0.3 is 0 Å².